The fourth-order valence-electron chi connectivity index (χ4n) is 3.35. The van der Waals surface area contributed by atoms with Gasteiger partial charge < -0.3 is 9.84 Å². The molecule has 0 aliphatic heterocycles. The Labute approximate surface area is 147 Å². The lowest BCUT2D eigenvalue weighted by molar-refractivity contribution is 0.0964. The van der Waals surface area contributed by atoms with Gasteiger partial charge in [-0.25, -0.2) is 0 Å². The van der Waals surface area contributed by atoms with Crippen LogP contribution in [0.1, 0.15) is 57.5 Å². The summed E-state index contributed by atoms with van der Waals surface area (Å²) in [5.74, 6) is 1.37. The Balaban J connectivity index is 0.000000146. The molecule has 4 heteroatoms. The van der Waals surface area contributed by atoms with Crippen LogP contribution in [0.4, 0.5) is 0 Å². The first-order valence-electron chi connectivity index (χ1n) is 8.63. The molecule has 0 heterocycles. The van der Waals surface area contributed by atoms with E-state index in [0.29, 0.717) is 18.4 Å². The van der Waals surface area contributed by atoms with Crippen molar-refractivity contribution in [2.75, 3.05) is 7.11 Å². The van der Waals surface area contributed by atoms with E-state index in [4.69, 9.17) is 9.84 Å². The second kappa shape index (κ2) is 7.51. The minimum Gasteiger partial charge on any atom is -0.508 e. The van der Waals surface area contributed by atoms with Gasteiger partial charge in [-0.05, 0) is 61.1 Å². The van der Waals surface area contributed by atoms with Crippen molar-refractivity contribution < 1.29 is 19.4 Å². The van der Waals surface area contributed by atoms with E-state index in [-0.39, 0.29) is 17.3 Å². The van der Waals surface area contributed by atoms with Gasteiger partial charge in [0.15, 0.2) is 11.6 Å². The highest BCUT2D eigenvalue weighted by Gasteiger charge is 2.17. The number of benzene rings is 2. The first-order chi connectivity index (χ1) is 12.1. The highest BCUT2D eigenvalue weighted by atomic mass is 16.5. The predicted octanol–water partition coefficient (Wildman–Crippen LogP) is 4.13. The molecule has 0 saturated heterocycles. The lowest BCUT2D eigenvalue weighted by Crippen LogP contribution is -2.10. The summed E-state index contributed by atoms with van der Waals surface area (Å²) < 4.78 is 5.08. The zero-order valence-electron chi connectivity index (χ0n) is 14.4. The maximum Gasteiger partial charge on any atom is 0.163 e. The van der Waals surface area contributed by atoms with Crippen molar-refractivity contribution in [1.82, 2.24) is 0 Å². The normalized spacial score (nSPS) is 15.6. The second-order valence-electron chi connectivity index (χ2n) is 6.42. The van der Waals surface area contributed by atoms with Crippen LogP contribution < -0.4 is 4.74 Å². The van der Waals surface area contributed by atoms with E-state index >= 15 is 0 Å². The summed E-state index contributed by atoms with van der Waals surface area (Å²) in [4.78, 5) is 22.8. The van der Waals surface area contributed by atoms with E-state index in [1.165, 1.54) is 0 Å². The van der Waals surface area contributed by atoms with Gasteiger partial charge in [0.05, 0.1) is 7.11 Å². The molecule has 130 valence electrons. The summed E-state index contributed by atoms with van der Waals surface area (Å²) in [6, 6.07) is 10.8. The van der Waals surface area contributed by atoms with Crippen LogP contribution in [0, 0.1) is 0 Å². The Bertz CT molecular complexity index is 808. The predicted molar refractivity (Wildman–Crippen MR) is 95.6 cm³/mol. The van der Waals surface area contributed by atoms with E-state index in [2.05, 4.69) is 0 Å². The van der Waals surface area contributed by atoms with Gasteiger partial charge in [0.1, 0.15) is 11.5 Å². The number of fused-ring (bicyclic) bond motifs is 2. The summed E-state index contributed by atoms with van der Waals surface area (Å²) >= 11 is 0. The van der Waals surface area contributed by atoms with Crippen molar-refractivity contribution in [3.8, 4) is 11.5 Å². The van der Waals surface area contributed by atoms with Crippen LogP contribution in [-0.2, 0) is 12.8 Å². The molecule has 0 radical (unpaired) electrons. The van der Waals surface area contributed by atoms with Gasteiger partial charge in [-0.3, -0.25) is 9.59 Å². The number of methoxy groups -OCH3 is 1. The Morgan fingerprint density at radius 3 is 1.96 bits per heavy atom. The first-order valence-corrected chi connectivity index (χ1v) is 8.63. The Hall–Kier alpha value is -2.62. The van der Waals surface area contributed by atoms with Crippen LogP contribution in [0.25, 0.3) is 0 Å². The third-order valence-corrected chi connectivity index (χ3v) is 4.71. The summed E-state index contributed by atoms with van der Waals surface area (Å²) in [6.45, 7) is 0. The minimum absolute atomic E-state index is 0.159. The standard InChI is InChI=1S/C11H12O2.C10H10O2/c1-13-9-6-5-8-3-2-4-11(12)10(8)7-9;11-8-5-4-7-2-1-3-10(12)9(7)6-8/h5-7H,2-4H2,1H3;4-6,11H,1-3H2. The highest BCUT2D eigenvalue weighted by Crippen LogP contribution is 2.25. The third-order valence-electron chi connectivity index (χ3n) is 4.71. The number of hydrogen-bond donors (Lipinski definition) is 1. The number of hydrogen-bond acceptors (Lipinski definition) is 4. The second-order valence-corrected chi connectivity index (χ2v) is 6.42. The Morgan fingerprint density at radius 1 is 0.800 bits per heavy atom. The van der Waals surface area contributed by atoms with Crippen molar-refractivity contribution in [2.45, 2.75) is 38.5 Å². The molecule has 0 amide bonds. The van der Waals surface area contributed by atoms with Crippen molar-refractivity contribution >= 4 is 11.6 Å². The van der Waals surface area contributed by atoms with Crippen LogP contribution in [0.2, 0.25) is 0 Å². The maximum absolute atomic E-state index is 11.5. The molecule has 0 bridgehead atoms. The molecule has 0 unspecified atom stereocenters. The number of carbonyl (C=O) groups excluding carboxylic acids is 2. The molecule has 2 aliphatic rings. The van der Waals surface area contributed by atoms with Gasteiger partial charge in [0.2, 0.25) is 0 Å². The van der Waals surface area contributed by atoms with Crippen LogP contribution in [-0.4, -0.2) is 23.8 Å². The third kappa shape index (κ3) is 3.90. The molecule has 0 saturated carbocycles. The first kappa shape index (κ1) is 17.2. The SMILES string of the molecule is COc1ccc2c(c1)C(=O)CCC2.O=C1CCCc2ccc(O)cc21. The van der Waals surface area contributed by atoms with Crippen molar-refractivity contribution in [3.63, 3.8) is 0 Å². The van der Waals surface area contributed by atoms with E-state index in [1.807, 2.05) is 24.3 Å². The summed E-state index contributed by atoms with van der Waals surface area (Å²) in [7, 11) is 1.62. The summed E-state index contributed by atoms with van der Waals surface area (Å²) in [5, 5.41) is 9.15. The molecule has 1 N–H and O–H groups in total. The lowest BCUT2D eigenvalue weighted by Gasteiger charge is -2.14. The van der Waals surface area contributed by atoms with Gasteiger partial charge >= 0.3 is 0 Å². The lowest BCUT2D eigenvalue weighted by atomic mass is 9.91. The minimum atomic E-state index is 0.159. The molecular formula is C21H22O4. The van der Waals surface area contributed by atoms with E-state index in [9.17, 15) is 9.59 Å². The Morgan fingerprint density at radius 2 is 1.36 bits per heavy atom. The fraction of sp³-hybridized carbons (Fsp3) is 0.333. The maximum atomic E-state index is 11.5. The molecular weight excluding hydrogens is 316 g/mol. The number of ketones is 2. The highest BCUT2D eigenvalue weighted by molar-refractivity contribution is 5.99. The van der Waals surface area contributed by atoms with E-state index in [0.717, 1.165) is 48.1 Å². The molecule has 2 aromatic rings. The van der Waals surface area contributed by atoms with Crippen molar-refractivity contribution in [1.29, 1.82) is 0 Å². The molecule has 4 rings (SSSR count). The smallest absolute Gasteiger partial charge is 0.163 e. The van der Waals surface area contributed by atoms with Gasteiger partial charge in [0.25, 0.3) is 0 Å². The Kier molecular flexibility index (Phi) is 5.17. The number of aryl methyl sites for hydroxylation is 2. The summed E-state index contributed by atoms with van der Waals surface area (Å²) in [6.07, 6.45) is 5.21. The number of phenolic OH excluding ortho intramolecular Hbond substituents is 1. The number of carbonyl (C=O) groups is 2. The quantitative estimate of drug-likeness (QED) is 0.849. The van der Waals surface area contributed by atoms with Crippen LogP contribution in [0.15, 0.2) is 36.4 Å². The number of Topliss-reactive ketones (excluding diaryl/α,β-unsaturated/α-hetero) is 2. The van der Waals surface area contributed by atoms with Crippen molar-refractivity contribution in [3.05, 3.63) is 58.7 Å². The van der Waals surface area contributed by atoms with E-state index < -0.39 is 0 Å². The average Bonchev–Trinajstić information content (AvgIpc) is 2.63. The molecule has 0 spiro atoms. The molecule has 0 fully saturated rings. The fourth-order valence-corrected chi connectivity index (χ4v) is 3.35. The average molecular weight is 338 g/mol. The number of rotatable bonds is 1. The zero-order valence-corrected chi connectivity index (χ0v) is 14.4. The topological polar surface area (TPSA) is 63.6 Å². The van der Waals surface area contributed by atoms with Gasteiger partial charge in [-0.15, -0.1) is 0 Å². The number of aromatic hydroxyl groups is 1. The monoisotopic (exact) mass is 338 g/mol. The molecule has 0 aromatic heterocycles. The molecule has 2 aliphatic carbocycles. The zero-order chi connectivity index (χ0) is 17.8. The van der Waals surface area contributed by atoms with Crippen molar-refractivity contribution in [2.24, 2.45) is 0 Å². The van der Waals surface area contributed by atoms with Crippen LogP contribution >= 0.6 is 0 Å². The van der Waals surface area contributed by atoms with Gasteiger partial charge in [0, 0.05) is 24.0 Å². The molecule has 4 nitrogen and oxygen atoms in total. The largest absolute Gasteiger partial charge is 0.508 e. The van der Waals surface area contributed by atoms with Crippen LogP contribution in [0.3, 0.4) is 0 Å². The van der Waals surface area contributed by atoms with Gasteiger partial charge in [-0.2, -0.15) is 0 Å². The molecule has 2 aromatic carbocycles. The van der Waals surface area contributed by atoms with Crippen LogP contribution in [0.5, 0.6) is 11.5 Å². The number of phenols is 1. The molecule has 0 atom stereocenters. The summed E-state index contributed by atoms with van der Waals surface area (Å²) in [5.41, 5.74) is 3.80. The molecule has 25 heavy (non-hydrogen) atoms. The van der Waals surface area contributed by atoms with Gasteiger partial charge in [-0.1, -0.05) is 12.1 Å². The number of ether oxygens (including phenoxy) is 1. The van der Waals surface area contributed by atoms with E-state index in [1.54, 1.807) is 19.2 Å².